The summed E-state index contributed by atoms with van der Waals surface area (Å²) in [7, 11) is 1.63. The number of rotatable bonds is 8. The molecule has 0 radical (unpaired) electrons. The number of benzene rings is 2. The summed E-state index contributed by atoms with van der Waals surface area (Å²) in [5, 5.41) is 0. The first-order valence-electron chi connectivity index (χ1n) is 12.4. The maximum atomic E-state index is 13.8. The van der Waals surface area contributed by atoms with Crippen LogP contribution in [0.25, 0.3) is 0 Å². The van der Waals surface area contributed by atoms with Crippen LogP contribution in [0, 0.1) is 5.92 Å². The van der Waals surface area contributed by atoms with E-state index in [-0.39, 0.29) is 11.9 Å². The van der Waals surface area contributed by atoms with Gasteiger partial charge in [-0.25, -0.2) is 4.79 Å². The minimum absolute atomic E-state index is 0.0408. The van der Waals surface area contributed by atoms with Crippen LogP contribution >= 0.6 is 0 Å². The van der Waals surface area contributed by atoms with Gasteiger partial charge < -0.3 is 9.64 Å². The number of methoxy groups -OCH3 is 1. The quantitative estimate of drug-likeness (QED) is 0.532. The van der Waals surface area contributed by atoms with E-state index in [2.05, 4.69) is 49.9 Å². The van der Waals surface area contributed by atoms with Crippen molar-refractivity contribution in [3.05, 3.63) is 65.2 Å². The van der Waals surface area contributed by atoms with E-state index in [0.29, 0.717) is 31.8 Å². The van der Waals surface area contributed by atoms with E-state index in [4.69, 9.17) is 4.74 Å². The first kappa shape index (κ1) is 24.3. The first-order valence-corrected chi connectivity index (χ1v) is 12.4. The summed E-state index contributed by atoms with van der Waals surface area (Å²) >= 11 is 0. The molecule has 1 spiro atoms. The molecule has 34 heavy (non-hydrogen) atoms. The lowest BCUT2D eigenvalue weighted by atomic mass is 9.85. The second-order valence-corrected chi connectivity index (χ2v) is 10.0. The molecule has 6 nitrogen and oxygen atoms in total. The van der Waals surface area contributed by atoms with Crippen LogP contribution in [0.2, 0.25) is 0 Å². The van der Waals surface area contributed by atoms with E-state index in [1.54, 1.807) is 7.11 Å². The number of hydrogen-bond donors (Lipinski definition) is 0. The van der Waals surface area contributed by atoms with Crippen molar-refractivity contribution >= 4 is 11.9 Å². The van der Waals surface area contributed by atoms with Crippen LogP contribution in [0.15, 0.2) is 48.5 Å². The number of ether oxygens (including phenoxy) is 1. The summed E-state index contributed by atoms with van der Waals surface area (Å²) < 4.78 is 5.24. The molecule has 0 bridgehead atoms. The normalized spacial score (nSPS) is 18.4. The maximum absolute atomic E-state index is 13.8. The van der Waals surface area contributed by atoms with Gasteiger partial charge in [-0.2, -0.15) is 0 Å². The summed E-state index contributed by atoms with van der Waals surface area (Å²) in [5.41, 5.74) is 2.84. The minimum Gasteiger partial charge on any atom is -0.497 e. The van der Waals surface area contributed by atoms with Crippen LogP contribution in [0.4, 0.5) is 4.79 Å². The third-order valence-electron chi connectivity index (χ3n) is 7.19. The van der Waals surface area contributed by atoms with Crippen molar-refractivity contribution < 1.29 is 14.3 Å². The van der Waals surface area contributed by atoms with Gasteiger partial charge >= 0.3 is 6.03 Å². The van der Waals surface area contributed by atoms with E-state index >= 15 is 0 Å². The summed E-state index contributed by atoms with van der Waals surface area (Å²) in [6.45, 7) is 9.76. The highest BCUT2D eigenvalue weighted by Gasteiger charge is 2.57. The van der Waals surface area contributed by atoms with Crippen molar-refractivity contribution in [3.63, 3.8) is 0 Å². The predicted octanol–water partition coefficient (Wildman–Crippen LogP) is 4.71. The predicted molar refractivity (Wildman–Crippen MR) is 134 cm³/mol. The van der Waals surface area contributed by atoms with Gasteiger partial charge in [-0.05, 0) is 54.0 Å². The van der Waals surface area contributed by atoms with Crippen molar-refractivity contribution in [1.82, 2.24) is 14.7 Å². The molecule has 2 aromatic rings. The Kier molecular flexibility index (Phi) is 7.27. The molecule has 0 atom stereocenters. The lowest BCUT2D eigenvalue weighted by Gasteiger charge is -2.42. The van der Waals surface area contributed by atoms with Crippen LogP contribution in [-0.4, -0.2) is 58.9 Å². The van der Waals surface area contributed by atoms with Crippen molar-refractivity contribution in [2.75, 3.05) is 26.7 Å². The van der Waals surface area contributed by atoms with Crippen LogP contribution in [0.5, 0.6) is 5.75 Å². The molecular weight excluding hydrogens is 426 g/mol. The summed E-state index contributed by atoms with van der Waals surface area (Å²) in [5.74, 6) is 1.02. The number of amides is 3. The maximum Gasteiger partial charge on any atom is 0.327 e. The average molecular weight is 464 g/mol. The Labute approximate surface area is 203 Å². The zero-order valence-electron chi connectivity index (χ0n) is 20.9. The second-order valence-electron chi connectivity index (χ2n) is 10.0. The van der Waals surface area contributed by atoms with Gasteiger partial charge in [0.25, 0.3) is 5.91 Å². The number of hydrogen-bond acceptors (Lipinski definition) is 4. The van der Waals surface area contributed by atoms with Crippen molar-refractivity contribution in [1.29, 1.82) is 0 Å². The third kappa shape index (κ3) is 4.83. The Morgan fingerprint density at radius 3 is 2.00 bits per heavy atom. The van der Waals surface area contributed by atoms with E-state index in [1.165, 1.54) is 16.0 Å². The Morgan fingerprint density at radius 2 is 1.44 bits per heavy atom. The van der Waals surface area contributed by atoms with Gasteiger partial charge in [0.15, 0.2) is 0 Å². The Bertz CT molecular complexity index is 993. The van der Waals surface area contributed by atoms with Gasteiger partial charge in [0.1, 0.15) is 11.3 Å². The van der Waals surface area contributed by atoms with Crippen LogP contribution in [0.1, 0.15) is 50.3 Å². The van der Waals surface area contributed by atoms with Crippen LogP contribution in [-0.2, 0) is 24.3 Å². The van der Waals surface area contributed by atoms with Gasteiger partial charge in [0.05, 0.1) is 13.7 Å². The highest BCUT2D eigenvalue weighted by molar-refractivity contribution is 6.07. The standard InChI is InChI=1S/C28H37N3O3/c1-5-22-6-8-23(9-7-22)19-29-16-14-28(15-17-29)26(32)30(27(33)31(28)18-21(2)3)20-24-10-12-25(34-4)13-11-24/h6-13,21H,5,14-20H2,1-4H3. The molecular formula is C28H37N3O3. The van der Waals surface area contributed by atoms with Crippen molar-refractivity contribution in [2.45, 2.75) is 58.7 Å². The molecule has 2 saturated heterocycles. The molecule has 2 fully saturated rings. The molecule has 4 rings (SSSR count). The van der Waals surface area contributed by atoms with Crippen molar-refractivity contribution in [2.24, 2.45) is 5.92 Å². The molecule has 0 unspecified atom stereocenters. The van der Waals surface area contributed by atoms with Crippen molar-refractivity contribution in [3.8, 4) is 5.75 Å². The molecule has 3 amide bonds. The average Bonchev–Trinajstić information content (AvgIpc) is 3.03. The second kappa shape index (κ2) is 10.2. The first-order chi connectivity index (χ1) is 16.4. The number of nitrogens with zero attached hydrogens (tertiary/aromatic N) is 3. The zero-order valence-corrected chi connectivity index (χ0v) is 20.9. The largest absolute Gasteiger partial charge is 0.497 e. The van der Waals surface area contributed by atoms with Crippen LogP contribution in [0.3, 0.4) is 0 Å². The number of likely N-dealkylation sites (tertiary alicyclic amines) is 1. The molecule has 182 valence electrons. The molecule has 0 saturated carbocycles. The fourth-order valence-electron chi connectivity index (χ4n) is 5.16. The van der Waals surface area contributed by atoms with Gasteiger partial charge in [0.2, 0.25) is 0 Å². The number of carbonyl (C=O) groups excluding carboxylic acids is 2. The monoisotopic (exact) mass is 463 g/mol. The lowest BCUT2D eigenvalue weighted by molar-refractivity contribution is -0.136. The third-order valence-corrected chi connectivity index (χ3v) is 7.19. The summed E-state index contributed by atoms with van der Waals surface area (Å²) in [6.07, 6.45) is 2.40. The number of piperidine rings is 1. The molecule has 2 aliphatic rings. The van der Waals surface area contributed by atoms with Gasteiger partial charge in [-0.15, -0.1) is 0 Å². The Morgan fingerprint density at radius 1 is 0.882 bits per heavy atom. The lowest BCUT2D eigenvalue weighted by Crippen LogP contribution is -2.57. The van der Waals surface area contributed by atoms with Gasteiger partial charge in [-0.3, -0.25) is 14.6 Å². The molecule has 0 aliphatic carbocycles. The van der Waals surface area contributed by atoms with Gasteiger partial charge in [0, 0.05) is 26.2 Å². The summed E-state index contributed by atoms with van der Waals surface area (Å²) in [6, 6.07) is 16.2. The summed E-state index contributed by atoms with van der Waals surface area (Å²) in [4.78, 5) is 33.0. The molecule has 0 aromatic heterocycles. The zero-order chi connectivity index (χ0) is 24.3. The number of carbonyl (C=O) groups is 2. The SMILES string of the molecule is CCc1ccc(CN2CCC3(CC2)C(=O)N(Cc2ccc(OC)cc2)C(=O)N3CC(C)C)cc1. The van der Waals surface area contributed by atoms with E-state index in [9.17, 15) is 9.59 Å². The number of urea groups is 1. The molecule has 0 N–H and O–H groups in total. The highest BCUT2D eigenvalue weighted by Crippen LogP contribution is 2.39. The molecule has 6 heteroatoms. The van der Waals surface area contributed by atoms with Gasteiger partial charge in [-0.1, -0.05) is 57.2 Å². The van der Waals surface area contributed by atoms with E-state index in [1.807, 2.05) is 29.2 Å². The fourth-order valence-corrected chi connectivity index (χ4v) is 5.16. The molecule has 2 aliphatic heterocycles. The smallest absolute Gasteiger partial charge is 0.327 e. The molecule has 2 aromatic carbocycles. The van der Waals surface area contributed by atoms with E-state index < -0.39 is 5.54 Å². The Balaban J connectivity index is 1.49. The van der Waals surface area contributed by atoms with E-state index in [0.717, 1.165) is 37.4 Å². The Hall–Kier alpha value is -2.86. The minimum atomic E-state index is -0.726. The fraction of sp³-hybridized carbons (Fsp3) is 0.500. The highest BCUT2D eigenvalue weighted by atomic mass is 16.5. The topological polar surface area (TPSA) is 53.1 Å². The molecule has 2 heterocycles. The number of imide groups is 1. The number of aryl methyl sites for hydroxylation is 1. The van der Waals surface area contributed by atoms with Crippen LogP contribution < -0.4 is 4.74 Å².